The van der Waals surface area contributed by atoms with Crippen molar-refractivity contribution in [1.82, 2.24) is 4.90 Å². The first kappa shape index (κ1) is 14.9. The molecule has 0 aromatic heterocycles. The zero-order valence-corrected chi connectivity index (χ0v) is 11.2. The maximum absolute atomic E-state index is 11.2. The topological polar surface area (TPSA) is 91.8 Å². The molecule has 0 aromatic carbocycles. The summed E-state index contributed by atoms with van der Waals surface area (Å²) in [6, 6.07) is -1.11. The minimum absolute atomic E-state index is 0.0522. The first-order valence-electron chi connectivity index (χ1n) is 5.98. The van der Waals surface area contributed by atoms with Gasteiger partial charge in [-0.1, -0.05) is 12.8 Å². The van der Waals surface area contributed by atoms with Crippen LogP contribution in [0.2, 0.25) is 0 Å². The molecule has 1 aliphatic rings. The van der Waals surface area contributed by atoms with Gasteiger partial charge in [0.05, 0.1) is 5.75 Å². The van der Waals surface area contributed by atoms with Crippen molar-refractivity contribution in [3.63, 3.8) is 0 Å². The van der Waals surface area contributed by atoms with Crippen LogP contribution in [0.1, 0.15) is 32.1 Å². The Balaban J connectivity index is 2.74. The number of nitrogens with zero attached hydrogens (tertiary/aromatic N) is 1. The molecule has 1 N–H and O–H groups in total. The molecule has 0 aliphatic heterocycles. The lowest BCUT2D eigenvalue weighted by Crippen LogP contribution is -2.46. The molecular formula is C11H19NO5S. The van der Waals surface area contributed by atoms with Gasteiger partial charge in [0.25, 0.3) is 0 Å². The molecular weight excluding hydrogens is 258 g/mol. The second-order valence-electron chi connectivity index (χ2n) is 4.76. The van der Waals surface area contributed by atoms with E-state index >= 15 is 0 Å². The number of aliphatic carboxylic acids is 1. The number of amides is 1. The first-order chi connectivity index (χ1) is 8.35. The summed E-state index contributed by atoms with van der Waals surface area (Å²) in [7, 11) is -3.22. The van der Waals surface area contributed by atoms with Crippen LogP contribution in [0.5, 0.6) is 0 Å². The fraction of sp³-hybridized carbons (Fsp3) is 0.818. The molecule has 7 heteroatoms. The number of rotatable bonds is 7. The number of hydrogen-bond donors (Lipinski definition) is 1. The van der Waals surface area contributed by atoms with Gasteiger partial charge in [0.2, 0.25) is 6.41 Å². The number of carbonyl (C=O) groups excluding carboxylic acids is 1. The van der Waals surface area contributed by atoms with Gasteiger partial charge in [-0.05, 0) is 19.3 Å². The van der Waals surface area contributed by atoms with Crippen LogP contribution in [0.4, 0.5) is 0 Å². The van der Waals surface area contributed by atoms with E-state index < -0.39 is 21.8 Å². The molecule has 1 aliphatic carbocycles. The van der Waals surface area contributed by atoms with Gasteiger partial charge in [-0.3, -0.25) is 4.79 Å². The molecule has 1 fully saturated rings. The van der Waals surface area contributed by atoms with E-state index in [-0.39, 0.29) is 18.2 Å². The predicted molar refractivity (Wildman–Crippen MR) is 65.9 cm³/mol. The Bertz CT molecular complexity index is 400. The van der Waals surface area contributed by atoms with Crippen LogP contribution >= 0.6 is 0 Å². The van der Waals surface area contributed by atoms with Crippen molar-refractivity contribution >= 4 is 22.2 Å². The summed E-state index contributed by atoms with van der Waals surface area (Å²) in [5.74, 6) is -1.36. The summed E-state index contributed by atoms with van der Waals surface area (Å²) in [4.78, 5) is 23.5. The quantitative estimate of drug-likeness (QED) is 0.675. The van der Waals surface area contributed by atoms with E-state index in [0.717, 1.165) is 31.9 Å². The summed E-state index contributed by atoms with van der Waals surface area (Å²) in [6.07, 6.45) is 5.09. The molecule has 0 heterocycles. The van der Waals surface area contributed by atoms with Crippen molar-refractivity contribution < 1.29 is 23.1 Å². The Morgan fingerprint density at radius 1 is 1.44 bits per heavy atom. The van der Waals surface area contributed by atoms with Crippen molar-refractivity contribution in [2.24, 2.45) is 0 Å². The van der Waals surface area contributed by atoms with Crippen molar-refractivity contribution in [1.29, 1.82) is 0 Å². The third-order valence-corrected chi connectivity index (χ3v) is 4.25. The molecule has 1 amide bonds. The second kappa shape index (κ2) is 6.17. The highest BCUT2D eigenvalue weighted by Crippen LogP contribution is 2.25. The fourth-order valence-electron chi connectivity index (χ4n) is 2.34. The van der Waals surface area contributed by atoms with Crippen LogP contribution in [0, 0.1) is 0 Å². The average Bonchev–Trinajstić information content (AvgIpc) is 2.75. The molecule has 0 radical (unpaired) electrons. The van der Waals surface area contributed by atoms with Crippen molar-refractivity contribution in [2.75, 3.05) is 12.0 Å². The van der Waals surface area contributed by atoms with Crippen molar-refractivity contribution in [3.8, 4) is 0 Å². The van der Waals surface area contributed by atoms with E-state index in [2.05, 4.69) is 0 Å². The number of sulfone groups is 1. The average molecular weight is 277 g/mol. The highest BCUT2D eigenvalue weighted by molar-refractivity contribution is 7.90. The fourth-order valence-corrected chi connectivity index (χ4v) is 2.99. The minimum Gasteiger partial charge on any atom is -0.480 e. The summed E-state index contributed by atoms with van der Waals surface area (Å²) < 4.78 is 22.2. The Labute approximate surface area is 107 Å². The SMILES string of the molecule is CS(=O)(=O)CCC(C(=O)O)N(C=O)C1CCCC1. The molecule has 1 unspecified atom stereocenters. The van der Waals surface area contributed by atoms with Crippen LogP contribution in [-0.4, -0.2) is 54.9 Å². The maximum Gasteiger partial charge on any atom is 0.326 e. The molecule has 0 aromatic rings. The van der Waals surface area contributed by atoms with E-state index in [1.54, 1.807) is 0 Å². The number of carboxylic acids is 1. The zero-order valence-electron chi connectivity index (χ0n) is 10.4. The largest absolute Gasteiger partial charge is 0.480 e. The summed E-state index contributed by atoms with van der Waals surface area (Å²) >= 11 is 0. The maximum atomic E-state index is 11.2. The smallest absolute Gasteiger partial charge is 0.326 e. The van der Waals surface area contributed by atoms with Gasteiger partial charge in [0.15, 0.2) is 0 Å². The van der Waals surface area contributed by atoms with Crippen LogP contribution in [0.15, 0.2) is 0 Å². The number of carboxylic acid groups (broad SMARTS) is 1. The van der Waals surface area contributed by atoms with Crippen LogP contribution < -0.4 is 0 Å². The number of hydrogen-bond acceptors (Lipinski definition) is 4. The van der Waals surface area contributed by atoms with Gasteiger partial charge >= 0.3 is 5.97 Å². The lowest BCUT2D eigenvalue weighted by molar-refractivity contribution is -0.148. The highest BCUT2D eigenvalue weighted by Gasteiger charge is 2.32. The van der Waals surface area contributed by atoms with Gasteiger partial charge in [-0.15, -0.1) is 0 Å². The number of carbonyl (C=O) groups is 2. The standard InChI is InChI=1S/C11H19NO5S/c1-18(16,17)7-6-10(11(14)15)12(8-13)9-4-2-3-5-9/h8-10H,2-7H2,1H3,(H,14,15). The van der Waals surface area contributed by atoms with E-state index in [4.69, 9.17) is 5.11 Å². The zero-order chi connectivity index (χ0) is 13.8. The molecule has 0 spiro atoms. The van der Waals surface area contributed by atoms with Gasteiger partial charge in [-0.25, -0.2) is 13.2 Å². The normalized spacial score (nSPS) is 18.5. The van der Waals surface area contributed by atoms with Gasteiger partial charge < -0.3 is 10.0 Å². The van der Waals surface area contributed by atoms with Gasteiger partial charge in [-0.2, -0.15) is 0 Å². The lowest BCUT2D eigenvalue weighted by atomic mass is 10.1. The lowest BCUT2D eigenvalue weighted by Gasteiger charge is -2.30. The van der Waals surface area contributed by atoms with Crippen molar-refractivity contribution in [2.45, 2.75) is 44.2 Å². The molecule has 0 bridgehead atoms. The molecule has 18 heavy (non-hydrogen) atoms. The van der Waals surface area contributed by atoms with Crippen LogP contribution in [-0.2, 0) is 19.4 Å². The first-order valence-corrected chi connectivity index (χ1v) is 8.04. The molecule has 1 saturated carbocycles. The second-order valence-corrected chi connectivity index (χ2v) is 7.02. The molecule has 6 nitrogen and oxygen atoms in total. The Kier molecular flexibility index (Phi) is 5.13. The molecule has 0 saturated heterocycles. The van der Waals surface area contributed by atoms with Crippen LogP contribution in [0.3, 0.4) is 0 Å². The monoisotopic (exact) mass is 277 g/mol. The molecule has 1 rings (SSSR count). The predicted octanol–water partition coefficient (Wildman–Crippen LogP) is 0.275. The van der Waals surface area contributed by atoms with Crippen molar-refractivity contribution in [3.05, 3.63) is 0 Å². The van der Waals surface area contributed by atoms with E-state index in [1.807, 2.05) is 0 Å². The summed E-state index contributed by atoms with van der Waals surface area (Å²) in [5.41, 5.74) is 0. The van der Waals surface area contributed by atoms with Gasteiger partial charge in [0, 0.05) is 12.3 Å². The van der Waals surface area contributed by atoms with E-state index in [9.17, 15) is 18.0 Å². The Hall–Kier alpha value is -1.11. The molecule has 1 atom stereocenters. The Morgan fingerprint density at radius 2 is 2.00 bits per heavy atom. The van der Waals surface area contributed by atoms with E-state index in [1.165, 1.54) is 4.90 Å². The Morgan fingerprint density at radius 3 is 2.39 bits per heavy atom. The third kappa shape index (κ3) is 4.29. The summed E-state index contributed by atoms with van der Waals surface area (Å²) in [5, 5.41) is 9.14. The molecule has 104 valence electrons. The van der Waals surface area contributed by atoms with Gasteiger partial charge in [0.1, 0.15) is 15.9 Å². The van der Waals surface area contributed by atoms with Crippen LogP contribution in [0.25, 0.3) is 0 Å². The third-order valence-electron chi connectivity index (χ3n) is 3.28. The van der Waals surface area contributed by atoms with E-state index in [0.29, 0.717) is 6.41 Å². The highest BCUT2D eigenvalue weighted by atomic mass is 32.2. The minimum atomic E-state index is -3.22. The summed E-state index contributed by atoms with van der Waals surface area (Å²) in [6.45, 7) is 0.